The molecule has 0 spiro atoms. The summed E-state index contributed by atoms with van der Waals surface area (Å²) >= 11 is 0. The summed E-state index contributed by atoms with van der Waals surface area (Å²) in [5, 5.41) is 7.14. The Morgan fingerprint density at radius 2 is 1.96 bits per heavy atom. The lowest BCUT2D eigenvalue weighted by molar-refractivity contribution is 0.194. The second-order valence-electron chi connectivity index (χ2n) is 6.26. The van der Waals surface area contributed by atoms with Gasteiger partial charge in [0.15, 0.2) is 0 Å². The molecule has 2 amide bonds. The number of nitrogens with zero attached hydrogens (tertiary/aromatic N) is 4. The van der Waals surface area contributed by atoms with E-state index in [1.807, 2.05) is 24.3 Å². The molecule has 6 nitrogen and oxygen atoms in total. The SMILES string of the molecule is Cc1ccccc1N1CCN(C(=O)NCCc2cnn(C)c2)CC1. The molecule has 0 atom stereocenters. The van der Waals surface area contributed by atoms with Gasteiger partial charge in [0.05, 0.1) is 6.20 Å². The van der Waals surface area contributed by atoms with Gasteiger partial charge in [-0.05, 0) is 30.5 Å². The fraction of sp³-hybridized carbons (Fsp3) is 0.444. The zero-order chi connectivity index (χ0) is 16.9. The summed E-state index contributed by atoms with van der Waals surface area (Å²) < 4.78 is 1.78. The maximum Gasteiger partial charge on any atom is 0.317 e. The maximum absolute atomic E-state index is 12.3. The first-order valence-corrected chi connectivity index (χ1v) is 8.44. The molecule has 2 heterocycles. The standard InChI is InChI=1S/C18H25N5O/c1-15-5-3-4-6-17(15)22-9-11-23(12-10-22)18(24)19-8-7-16-13-20-21(2)14-16/h3-6,13-14H,7-12H2,1-2H3,(H,19,24). The van der Waals surface area contributed by atoms with Crippen LogP contribution in [0.5, 0.6) is 0 Å². The molecule has 1 N–H and O–H groups in total. The molecule has 24 heavy (non-hydrogen) atoms. The monoisotopic (exact) mass is 327 g/mol. The molecule has 2 aromatic rings. The summed E-state index contributed by atoms with van der Waals surface area (Å²) in [6.45, 7) is 6.04. The number of urea groups is 1. The van der Waals surface area contributed by atoms with Gasteiger partial charge in [0.1, 0.15) is 0 Å². The highest BCUT2D eigenvalue weighted by Gasteiger charge is 2.21. The number of para-hydroxylation sites is 1. The molecule has 1 aromatic carbocycles. The Hall–Kier alpha value is -2.50. The number of nitrogens with one attached hydrogen (secondary N) is 1. The van der Waals surface area contributed by atoms with Crippen molar-refractivity contribution < 1.29 is 4.79 Å². The van der Waals surface area contributed by atoms with Crippen molar-refractivity contribution in [3.05, 3.63) is 47.8 Å². The van der Waals surface area contributed by atoms with Crippen molar-refractivity contribution >= 4 is 11.7 Å². The molecule has 0 bridgehead atoms. The zero-order valence-corrected chi connectivity index (χ0v) is 14.4. The van der Waals surface area contributed by atoms with Crippen molar-refractivity contribution in [1.82, 2.24) is 20.0 Å². The fourth-order valence-corrected chi connectivity index (χ4v) is 3.10. The molecule has 1 aliphatic rings. The Labute approximate surface area is 143 Å². The van der Waals surface area contributed by atoms with Crippen LogP contribution < -0.4 is 10.2 Å². The van der Waals surface area contributed by atoms with Crippen LogP contribution >= 0.6 is 0 Å². The minimum Gasteiger partial charge on any atom is -0.368 e. The van der Waals surface area contributed by atoms with Crippen LogP contribution in [0.2, 0.25) is 0 Å². The van der Waals surface area contributed by atoms with Gasteiger partial charge in [-0.3, -0.25) is 4.68 Å². The number of piperazine rings is 1. The molecule has 1 aromatic heterocycles. The van der Waals surface area contributed by atoms with Crippen molar-refractivity contribution in [1.29, 1.82) is 0 Å². The van der Waals surface area contributed by atoms with Crippen molar-refractivity contribution in [2.45, 2.75) is 13.3 Å². The zero-order valence-electron chi connectivity index (χ0n) is 14.4. The molecule has 1 saturated heterocycles. The van der Waals surface area contributed by atoms with Crippen LogP contribution in [0.4, 0.5) is 10.5 Å². The number of benzene rings is 1. The highest BCUT2D eigenvalue weighted by atomic mass is 16.2. The minimum absolute atomic E-state index is 0.0309. The number of hydrogen-bond acceptors (Lipinski definition) is 3. The number of rotatable bonds is 4. The van der Waals surface area contributed by atoms with E-state index in [9.17, 15) is 4.79 Å². The van der Waals surface area contributed by atoms with Crippen LogP contribution in [-0.4, -0.2) is 53.4 Å². The molecule has 1 fully saturated rings. The summed E-state index contributed by atoms with van der Waals surface area (Å²) in [6.07, 6.45) is 4.63. The Morgan fingerprint density at radius 3 is 2.62 bits per heavy atom. The molecule has 0 aliphatic carbocycles. The smallest absolute Gasteiger partial charge is 0.317 e. The van der Waals surface area contributed by atoms with E-state index in [0.29, 0.717) is 6.54 Å². The predicted octanol–water partition coefficient (Wildman–Crippen LogP) is 1.80. The van der Waals surface area contributed by atoms with E-state index in [1.165, 1.54) is 11.3 Å². The third kappa shape index (κ3) is 3.88. The van der Waals surface area contributed by atoms with Gasteiger partial charge >= 0.3 is 6.03 Å². The van der Waals surface area contributed by atoms with E-state index in [4.69, 9.17) is 0 Å². The lowest BCUT2D eigenvalue weighted by Gasteiger charge is -2.36. The van der Waals surface area contributed by atoms with Gasteiger partial charge in [-0.25, -0.2) is 4.79 Å². The predicted molar refractivity (Wildman–Crippen MR) is 95.3 cm³/mol. The van der Waals surface area contributed by atoms with Gasteiger partial charge in [0.2, 0.25) is 0 Å². The van der Waals surface area contributed by atoms with E-state index >= 15 is 0 Å². The Kier molecular flexibility index (Phi) is 5.03. The van der Waals surface area contributed by atoms with E-state index in [2.05, 4.69) is 46.5 Å². The summed E-state index contributed by atoms with van der Waals surface area (Å²) in [5.41, 5.74) is 3.70. The number of aromatic nitrogens is 2. The highest BCUT2D eigenvalue weighted by molar-refractivity contribution is 5.74. The van der Waals surface area contributed by atoms with E-state index in [1.54, 1.807) is 4.68 Å². The molecule has 3 rings (SSSR count). The van der Waals surface area contributed by atoms with Gasteiger partial charge in [0, 0.05) is 51.7 Å². The van der Waals surface area contributed by atoms with E-state index in [0.717, 1.165) is 38.2 Å². The van der Waals surface area contributed by atoms with E-state index in [-0.39, 0.29) is 6.03 Å². The largest absolute Gasteiger partial charge is 0.368 e. The van der Waals surface area contributed by atoms with Crippen LogP contribution in [0.3, 0.4) is 0 Å². The fourth-order valence-electron chi connectivity index (χ4n) is 3.10. The van der Waals surface area contributed by atoms with Gasteiger partial charge in [-0.1, -0.05) is 18.2 Å². The van der Waals surface area contributed by atoms with Crippen molar-refractivity contribution in [3.63, 3.8) is 0 Å². The molecular weight excluding hydrogens is 302 g/mol. The van der Waals surface area contributed by atoms with Crippen LogP contribution in [0.1, 0.15) is 11.1 Å². The summed E-state index contributed by atoms with van der Waals surface area (Å²) in [5.74, 6) is 0. The number of carbonyl (C=O) groups is 1. The average Bonchev–Trinajstić information content (AvgIpc) is 3.01. The van der Waals surface area contributed by atoms with E-state index < -0.39 is 0 Å². The van der Waals surface area contributed by atoms with Gasteiger partial charge in [-0.2, -0.15) is 5.10 Å². The van der Waals surface area contributed by atoms with Gasteiger partial charge < -0.3 is 15.1 Å². The van der Waals surface area contributed by atoms with Crippen molar-refractivity contribution in [2.75, 3.05) is 37.6 Å². The summed E-state index contributed by atoms with van der Waals surface area (Å²) in [6, 6.07) is 8.44. The quantitative estimate of drug-likeness (QED) is 0.932. The summed E-state index contributed by atoms with van der Waals surface area (Å²) in [4.78, 5) is 16.5. The summed E-state index contributed by atoms with van der Waals surface area (Å²) in [7, 11) is 1.90. The highest BCUT2D eigenvalue weighted by Crippen LogP contribution is 2.20. The molecule has 0 unspecified atom stereocenters. The molecule has 6 heteroatoms. The average molecular weight is 327 g/mol. The second-order valence-corrected chi connectivity index (χ2v) is 6.26. The van der Waals surface area contributed by atoms with Crippen LogP contribution in [0, 0.1) is 6.92 Å². The third-order valence-corrected chi connectivity index (χ3v) is 4.47. The van der Waals surface area contributed by atoms with Crippen LogP contribution in [-0.2, 0) is 13.5 Å². The Balaban J connectivity index is 1.44. The normalized spacial score (nSPS) is 14.8. The third-order valence-electron chi connectivity index (χ3n) is 4.47. The second kappa shape index (κ2) is 7.38. The topological polar surface area (TPSA) is 53.4 Å². The van der Waals surface area contributed by atoms with Gasteiger partial charge in [-0.15, -0.1) is 0 Å². The number of carbonyl (C=O) groups excluding carboxylic acids is 1. The lowest BCUT2D eigenvalue weighted by atomic mass is 10.1. The Morgan fingerprint density at radius 1 is 1.21 bits per heavy atom. The lowest BCUT2D eigenvalue weighted by Crippen LogP contribution is -2.52. The molecule has 128 valence electrons. The number of amides is 2. The van der Waals surface area contributed by atoms with Crippen molar-refractivity contribution in [3.8, 4) is 0 Å². The molecular formula is C18H25N5O. The first kappa shape index (κ1) is 16.4. The van der Waals surface area contributed by atoms with Crippen LogP contribution in [0.25, 0.3) is 0 Å². The minimum atomic E-state index is 0.0309. The number of hydrogen-bond donors (Lipinski definition) is 1. The van der Waals surface area contributed by atoms with Crippen molar-refractivity contribution in [2.24, 2.45) is 7.05 Å². The first-order chi connectivity index (χ1) is 11.6. The molecule has 0 radical (unpaired) electrons. The maximum atomic E-state index is 12.3. The number of anilines is 1. The molecule has 1 aliphatic heterocycles. The van der Waals surface area contributed by atoms with Gasteiger partial charge in [0.25, 0.3) is 0 Å². The Bertz CT molecular complexity index is 688. The first-order valence-electron chi connectivity index (χ1n) is 8.44. The number of aryl methyl sites for hydroxylation is 2. The molecule has 0 saturated carbocycles. The van der Waals surface area contributed by atoms with Crippen LogP contribution in [0.15, 0.2) is 36.7 Å².